The van der Waals surface area contributed by atoms with Gasteiger partial charge in [0, 0.05) is 18.8 Å². The molecule has 3 rings (SSSR count). The van der Waals surface area contributed by atoms with Crippen molar-refractivity contribution in [3.05, 3.63) is 63.2 Å². The van der Waals surface area contributed by atoms with E-state index in [1.807, 2.05) is 11.8 Å². The van der Waals surface area contributed by atoms with Gasteiger partial charge >= 0.3 is 0 Å². The van der Waals surface area contributed by atoms with Crippen molar-refractivity contribution in [2.24, 2.45) is 4.99 Å². The summed E-state index contributed by atoms with van der Waals surface area (Å²) in [5.74, 6) is 0.987. The van der Waals surface area contributed by atoms with Crippen LogP contribution in [0, 0.1) is 41.5 Å². The topological polar surface area (TPSA) is 15.6 Å². The summed E-state index contributed by atoms with van der Waals surface area (Å²) in [6.07, 6.45) is 2.54. The molecule has 0 aliphatic carbocycles. The minimum atomic E-state index is 0.987. The Morgan fingerprint density at radius 3 is 1.89 bits per heavy atom. The maximum atomic E-state index is 5.02. The lowest BCUT2D eigenvalue weighted by atomic mass is 9.90. The van der Waals surface area contributed by atoms with Gasteiger partial charge in [0.1, 0.15) is 0 Å². The number of nitrogens with zero attached hydrogens (tertiary/aromatic N) is 2. The van der Waals surface area contributed by atoms with Crippen molar-refractivity contribution in [2.75, 3.05) is 13.1 Å². The Kier molecular flexibility index (Phi) is 6.31. The van der Waals surface area contributed by atoms with E-state index >= 15 is 0 Å². The van der Waals surface area contributed by atoms with Crippen LogP contribution in [-0.2, 0) is 5.75 Å². The molecular formula is C24H32N2S. The van der Waals surface area contributed by atoms with Gasteiger partial charge in [-0.1, -0.05) is 29.5 Å². The van der Waals surface area contributed by atoms with Crippen LogP contribution in [0.3, 0.4) is 0 Å². The molecule has 2 nitrogen and oxygen atoms in total. The fourth-order valence-electron chi connectivity index (χ4n) is 3.76. The zero-order valence-electron chi connectivity index (χ0n) is 17.6. The summed E-state index contributed by atoms with van der Waals surface area (Å²) in [7, 11) is 0. The van der Waals surface area contributed by atoms with Crippen molar-refractivity contribution in [1.82, 2.24) is 4.90 Å². The van der Waals surface area contributed by atoms with E-state index in [-0.39, 0.29) is 0 Å². The molecule has 0 atom stereocenters. The zero-order chi connectivity index (χ0) is 19.6. The van der Waals surface area contributed by atoms with Gasteiger partial charge in [-0.15, -0.1) is 0 Å². The van der Waals surface area contributed by atoms with Crippen LogP contribution in [0.5, 0.6) is 0 Å². The Hall–Kier alpha value is -1.74. The molecule has 0 saturated carbocycles. The lowest BCUT2D eigenvalue weighted by molar-refractivity contribution is 0.530. The first-order valence-electron chi connectivity index (χ1n) is 9.97. The Bertz CT molecular complexity index is 815. The zero-order valence-corrected chi connectivity index (χ0v) is 18.5. The Balaban J connectivity index is 1.89. The standard InChI is InChI=1S/C24H32N2S/c1-16-9-11-22(12-10-16)25-24(26-13-7-8-14-26)27-15-23-20(5)18(3)17(2)19(4)21(23)6/h9-12H,7-8,13-15H2,1-6H3. The number of rotatable bonds is 3. The van der Waals surface area contributed by atoms with E-state index in [0.717, 1.165) is 24.5 Å². The maximum Gasteiger partial charge on any atom is 0.164 e. The molecule has 1 heterocycles. The van der Waals surface area contributed by atoms with Gasteiger partial charge in [-0.3, -0.25) is 0 Å². The number of thioether (sulfide) groups is 1. The SMILES string of the molecule is Cc1ccc(N=C(SCc2c(C)c(C)c(C)c(C)c2C)N2CCCC2)cc1. The largest absolute Gasteiger partial charge is 0.351 e. The third-order valence-corrected chi connectivity index (χ3v) is 7.18. The molecule has 0 radical (unpaired) electrons. The third kappa shape index (κ3) is 4.40. The molecule has 144 valence electrons. The van der Waals surface area contributed by atoms with Crippen molar-refractivity contribution >= 4 is 22.6 Å². The van der Waals surface area contributed by atoms with Crippen molar-refractivity contribution in [1.29, 1.82) is 0 Å². The minimum Gasteiger partial charge on any atom is -0.351 e. The van der Waals surface area contributed by atoms with E-state index < -0.39 is 0 Å². The molecule has 27 heavy (non-hydrogen) atoms. The van der Waals surface area contributed by atoms with Gasteiger partial charge in [0.2, 0.25) is 0 Å². The van der Waals surface area contributed by atoms with Crippen LogP contribution in [0.25, 0.3) is 0 Å². The first kappa shape index (κ1) is 20.0. The van der Waals surface area contributed by atoms with Gasteiger partial charge in [-0.25, -0.2) is 4.99 Å². The van der Waals surface area contributed by atoms with E-state index in [0.29, 0.717) is 0 Å². The maximum absolute atomic E-state index is 5.02. The van der Waals surface area contributed by atoms with Crippen LogP contribution in [0.15, 0.2) is 29.3 Å². The van der Waals surface area contributed by atoms with Crippen LogP contribution in [0.1, 0.15) is 51.8 Å². The van der Waals surface area contributed by atoms with Gasteiger partial charge in [0.05, 0.1) is 5.69 Å². The van der Waals surface area contributed by atoms with E-state index in [1.54, 1.807) is 0 Å². The molecular weight excluding hydrogens is 348 g/mol. The molecule has 0 aromatic heterocycles. The fourth-order valence-corrected chi connectivity index (χ4v) is 5.00. The van der Waals surface area contributed by atoms with Crippen molar-refractivity contribution in [2.45, 2.75) is 60.1 Å². The van der Waals surface area contributed by atoms with Crippen molar-refractivity contribution < 1.29 is 0 Å². The van der Waals surface area contributed by atoms with E-state index in [4.69, 9.17) is 4.99 Å². The molecule has 2 aromatic rings. The summed E-state index contributed by atoms with van der Waals surface area (Å²) in [6.45, 7) is 15.7. The molecule has 2 aromatic carbocycles. The molecule has 1 aliphatic rings. The second kappa shape index (κ2) is 8.52. The number of aryl methyl sites for hydroxylation is 1. The van der Waals surface area contributed by atoms with E-state index in [9.17, 15) is 0 Å². The second-order valence-electron chi connectivity index (χ2n) is 7.82. The first-order chi connectivity index (χ1) is 12.9. The highest BCUT2D eigenvalue weighted by Crippen LogP contribution is 2.31. The normalized spacial score (nSPS) is 14.9. The average Bonchev–Trinajstić information content (AvgIpc) is 3.20. The molecule has 0 amide bonds. The number of likely N-dealkylation sites (tertiary alicyclic amines) is 1. The van der Waals surface area contributed by atoms with Crippen molar-refractivity contribution in [3.63, 3.8) is 0 Å². The molecule has 3 heteroatoms. The van der Waals surface area contributed by atoms with E-state index in [2.05, 4.69) is 70.7 Å². The molecule has 0 unspecified atom stereocenters. The number of aliphatic imine (C=N–C) groups is 1. The predicted octanol–water partition coefficient (Wildman–Crippen LogP) is 6.55. The smallest absolute Gasteiger partial charge is 0.164 e. The number of hydrogen-bond donors (Lipinski definition) is 0. The molecule has 1 aliphatic heterocycles. The molecule has 0 spiro atoms. The van der Waals surface area contributed by atoms with Gasteiger partial charge < -0.3 is 4.90 Å². The highest BCUT2D eigenvalue weighted by Gasteiger charge is 2.19. The summed E-state index contributed by atoms with van der Waals surface area (Å²) in [6, 6.07) is 8.55. The highest BCUT2D eigenvalue weighted by atomic mass is 32.2. The summed E-state index contributed by atoms with van der Waals surface area (Å²) < 4.78 is 0. The lowest BCUT2D eigenvalue weighted by Gasteiger charge is -2.22. The number of hydrogen-bond acceptors (Lipinski definition) is 2. The highest BCUT2D eigenvalue weighted by molar-refractivity contribution is 8.13. The Morgan fingerprint density at radius 2 is 1.33 bits per heavy atom. The van der Waals surface area contributed by atoms with Crippen LogP contribution in [0.2, 0.25) is 0 Å². The quantitative estimate of drug-likeness (QED) is 0.443. The summed E-state index contributed by atoms with van der Waals surface area (Å²) in [5.41, 5.74) is 11.0. The van der Waals surface area contributed by atoms with Crippen LogP contribution in [0.4, 0.5) is 5.69 Å². The fraction of sp³-hybridized carbons (Fsp3) is 0.458. The Morgan fingerprint density at radius 1 is 0.815 bits per heavy atom. The van der Waals surface area contributed by atoms with E-state index in [1.165, 1.54) is 57.0 Å². The summed E-state index contributed by atoms with van der Waals surface area (Å²) >= 11 is 1.90. The summed E-state index contributed by atoms with van der Waals surface area (Å²) in [5, 5.41) is 1.17. The van der Waals surface area contributed by atoms with Crippen molar-refractivity contribution in [3.8, 4) is 0 Å². The Labute approximate surface area is 169 Å². The second-order valence-corrected chi connectivity index (χ2v) is 8.76. The first-order valence-corrected chi connectivity index (χ1v) is 11.0. The summed E-state index contributed by atoms with van der Waals surface area (Å²) in [4.78, 5) is 7.49. The van der Waals surface area contributed by atoms with Gasteiger partial charge in [-0.2, -0.15) is 0 Å². The number of amidine groups is 1. The average molecular weight is 381 g/mol. The van der Waals surface area contributed by atoms with Gasteiger partial charge in [-0.05, 0) is 99.9 Å². The third-order valence-electron chi connectivity index (χ3n) is 6.14. The minimum absolute atomic E-state index is 0.987. The lowest BCUT2D eigenvalue weighted by Crippen LogP contribution is -2.25. The molecule has 0 bridgehead atoms. The molecule has 1 saturated heterocycles. The molecule has 1 fully saturated rings. The van der Waals surface area contributed by atoms with Gasteiger partial charge in [0.25, 0.3) is 0 Å². The van der Waals surface area contributed by atoms with Crippen LogP contribution in [-0.4, -0.2) is 23.2 Å². The van der Waals surface area contributed by atoms with Crippen LogP contribution < -0.4 is 0 Å². The van der Waals surface area contributed by atoms with Gasteiger partial charge in [0.15, 0.2) is 5.17 Å². The monoisotopic (exact) mass is 380 g/mol. The number of benzene rings is 2. The molecule has 0 N–H and O–H groups in total. The van der Waals surface area contributed by atoms with Crippen LogP contribution >= 0.6 is 11.8 Å². The predicted molar refractivity (Wildman–Crippen MR) is 121 cm³/mol.